The van der Waals surface area contributed by atoms with Crippen molar-refractivity contribution in [3.05, 3.63) is 64.4 Å². The lowest BCUT2D eigenvalue weighted by molar-refractivity contribution is 0.415. The second-order valence-electron chi connectivity index (χ2n) is 4.52. The number of hydrogen-bond acceptors (Lipinski definition) is 2. The second kappa shape index (κ2) is 7.27. The van der Waals surface area contributed by atoms with Crippen LogP contribution in [0.15, 0.2) is 42.5 Å². The molecule has 1 N–H and O–H groups in total. The lowest BCUT2D eigenvalue weighted by Crippen LogP contribution is -2.16. The Morgan fingerprint density at radius 1 is 1.10 bits per heavy atom. The first-order valence-electron chi connectivity index (χ1n) is 6.46. The van der Waals surface area contributed by atoms with E-state index in [1.165, 1.54) is 12.1 Å². The molecule has 0 unspecified atom stereocenters. The molecule has 0 atom stereocenters. The summed E-state index contributed by atoms with van der Waals surface area (Å²) >= 11 is 6.06. The van der Waals surface area contributed by atoms with Crippen molar-refractivity contribution in [2.45, 2.75) is 13.0 Å². The van der Waals surface area contributed by atoms with Gasteiger partial charge in [-0.2, -0.15) is 0 Å². The van der Waals surface area contributed by atoms with E-state index in [0.29, 0.717) is 10.8 Å². The Kier molecular flexibility index (Phi) is 5.39. The number of methoxy groups -OCH3 is 1. The van der Waals surface area contributed by atoms with Crippen LogP contribution in [-0.2, 0) is 13.0 Å². The lowest BCUT2D eigenvalue weighted by Gasteiger charge is -2.08. The van der Waals surface area contributed by atoms with Crippen LogP contribution >= 0.6 is 11.6 Å². The summed E-state index contributed by atoms with van der Waals surface area (Å²) in [6.45, 7) is 1.57. The van der Waals surface area contributed by atoms with Gasteiger partial charge in [-0.25, -0.2) is 4.39 Å². The summed E-state index contributed by atoms with van der Waals surface area (Å²) in [5, 5.41) is 3.95. The monoisotopic (exact) mass is 293 g/mol. The number of hydrogen-bond donors (Lipinski definition) is 1. The van der Waals surface area contributed by atoms with Gasteiger partial charge in [0.05, 0.1) is 12.1 Å². The minimum atomic E-state index is -0.199. The second-order valence-corrected chi connectivity index (χ2v) is 4.93. The van der Waals surface area contributed by atoms with Gasteiger partial charge in [0.25, 0.3) is 0 Å². The molecule has 2 aromatic carbocycles. The summed E-state index contributed by atoms with van der Waals surface area (Å²) in [6.07, 6.45) is 0.865. The van der Waals surface area contributed by atoms with Crippen LogP contribution in [0.2, 0.25) is 5.02 Å². The summed E-state index contributed by atoms with van der Waals surface area (Å²) < 4.78 is 17.9. The van der Waals surface area contributed by atoms with Crippen LogP contribution in [0.1, 0.15) is 11.1 Å². The van der Waals surface area contributed by atoms with Gasteiger partial charge in [0, 0.05) is 6.54 Å². The van der Waals surface area contributed by atoms with E-state index >= 15 is 0 Å². The molecule has 0 saturated carbocycles. The maximum Gasteiger partial charge on any atom is 0.137 e. The predicted molar refractivity (Wildman–Crippen MR) is 79.8 cm³/mol. The highest BCUT2D eigenvalue weighted by Gasteiger charge is 2.01. The van der Waals surface area contributed by atoms with Crippen molar-refractivity contribution < 1.29 is 9.13 Å². The Hall–Kier alpha value is -1.58. The van der Waals surface area contributed by atoms with Crippen molar-refractivity contribution >= 4 is 11.6 Å². The minimum Gasteiger partial charge on any atom is -0.495 e. The van der Waals surface area contributed by atoms with Crippen molar-refractivity contribution in [3.8, 4) is 5.75 Å². The summed E-state index contributed by atoms with van der Waals surface area (Å²) in [7, 11) is 1.60. The van der Waals surface area contributed by atoms with E-state index in [9.17, 15) is 4.39 Å². The standard InChI is InChI=1S/C16H17ClFNO/c1-20-16-7-4-13(10-15(16)17)11-19-9-8-12-2-5-14(18)6-3-12/h2-7,10,19H,8-9,11H2,1H3. The van der Waals surface area contributed by atoms with Gasteiger partial charge < -0.3 is 10.1 Å². The van der Waals surface area contributed by atoms with Crippen molar-refractivity contribution in [2.24, 2.45) is 0 Å². The maximum atomic E-state index is 12.8. The fourth-order valence-electron chi connectivity index (χ4n) is 1.94. The van der Waals surface area contributed by atoms with E-state index in [-0.39, 0.29) is 5.82 Å². The molecule has 2 nitrogen and oxygen atoms in total. The maximum absolute atomic E-state index is 12.8. The third-order valence-electron chi connectivity index (χ3n) is 3.05. The molecular weight excluding hydrogens is 277 g/mol. The normalized spacial score (nSPS) is 10.6. The lowest BCUT2D eigenvalue weighted by atomic mass is 10.1. The van der Waals surface area contributed by atoms with E-state index in [2.05, 4.69) is 5.32 Å². The third kappa shape index (κ3) is 4.22. The van der Waals surface area contributed by atoms with Crippen molar-refractivity contribution in [1.29, 1.82) is 0 Å². The molecular formula is C16H17ClFNO. The molecule has 0 radical (unpaired) electrons. The highest BCUT2D eigenvalue weighted by molar-refractivity contribution is 6.32. The zero-order valence-corrected chi connectivity index (χ0v) is 12.1. The predicted octanol–water partition coefficient (Wildman–Crippen LogP) is 3.82. The number of halogens is 2. The van der Waals surface area contributed by atoms with Gasteiger partial charge in [0.1, 0.15) is 11.6 Å². The zero-order chi connectivity index (χ0) is 14.4. The van der Waals surface area contributed by atoms with Gasteiger partial charge in [0.15, 0.2) is 0 Å². The molecule has 0 fully saturated rings. The minimum absolute atomic E-state index is 0.199. The van der Waals surface area contributed by atoms with E-state index in [1.54, 1.807) is 19.2 Å². The molecule has 20 heavy (non-hydrogen) atoms. The van der Waals surface area contributed by atoms with E-state index in [0.717, 1.165) is 30.6 Å². The van der Waals surface area contributed by atoms with Crippen LogP contribution in [0.3, 0.4) is 0 Å². The highest BCUT2D eigenvalue weighted by atomic mass is 35.5. The molecule has 0 aliphatic carbocycles. The fourth-order valence-corrected chi connectivity index (χ4v) is 2.22. The summed E-state index contributed by atoms with van der Waals surface area (Å²) in [5.41, 5.74) is 2.22. The fraction of sp³-hybridized carbons (Fsp3) is 0.250. The topological polar surface area (TPSA) is 21.3 Å². The first-order chi connectivity index (χ1) is 9.69. The number of nitrogens with one attached hydrogen (secondary N) is 1. The zero-order valence-electron chi connectivity index (χ0n) is 11.3. The average Bonchev–Trinajstić information content (AvgIpc) is 2.46. The Bertz CT molecular complexity index is 557. The summed E-state index contributed by atoms with van der Waals surface area (Å²) in [5.74, 6) is 0.483. The molecule has 0 saturated heterocycles. The Morgan fingerprint density at radius 2 is 1.80 bits per heavy atom. The van der Waals surface area contributed by atoms with Crippen LogP contribution < -0.4 is 10.1 Å². The molecule has 106 valence electrons. The van der Waals surface area contributed by atoms with Gasteiger partial charge in [-0.3, -0.25) is 0 Å². The highest BCUT2D eigenvalue weighted by Crippen LogP contribution is 2.24. The van der Waals surface area contributed by atoms with Crippen LogP contribution in [0, 0.1) is 5.82 Å². The van der Waals surface area contributed by atoms with Gasteiger partial charge in [-0.15, -0.1) is 0 Å². The summed E-state index contributed by atoms with van der Waals surface area (Å²) in [4.78, 5) is 0. The molecule has 0 aliphatic heterocycles. The van der Waals surface area contributed by atoms with Crippen molar-refractivity contribution in [3.63, 3.8) is 0 Å². The first-order valence-corrected chi connectivity index (χ1v) is 6.84. The molecule has 0 heterocycles. The Morgan fingerprint density at radius 3 is 2.45 bits per heavy atom. The molecule has 0 spiro atoms. The molecule has 0 aromatic heterocycles. The molecule has 0 bridgehead atoms. The third-order valence-corrected chi connectivity index (χ3v) is 3.34. The van der Waals surface area contributed by atoms with Crippen LogP contribution in [-0.4, -0.2) is 13.7 Å². The van der Waals surface area contributed by atoms with Gasteiger partial charge in [0.2, 0.25) is 0 Å². The van der Waals surface area contributed by atoms with E-state index in [1.807, 2.05) is 18.2 Å². The van der Waals surface area contributed by atoms with Crippen molar-refractivity contribution in [2.75, 3.05) is 13.7 Å². The van der Waals surface area contributed by atoms with Crippen LogP contribution in [0.5, 0.6) is 5.75 Å². The molecule has 0 aliphatic rings. The van der Waals surface area contributed by atoms with E-state index < -0.39 is 0 Å². The number of benzene rings is 2. The smallest absolute Gasteiger partial charge is 0.137 e. The number of ether oxygens (including phenoxy) is 1. The molecule has 0 amide bonds. The van der Waals surface area contributed by atoms with Crippen molar-refractivity contribution in [1.82, 2.24) is 5.32 Å². The average molecular weight is 294 g/mol. The Labute approximate surface area is 123 Å². The first kappa shape index (κ1) is 14.8. The van der Waals surface area contributed by atoms with Crippen LogP contribution in [0.25, 0.3) is 0 Å². The van der Waals surface area contributed by atoms with E-state index in [4.69, 9.17) is 16.3 Å². The van der Waals surface area contributed by atoms with Gasteiger partial charge >= 0.3 is 0 Å². The Balaban J connectivity index is 1.78. The number of rotatable bonds is 6. The molecule has 4 heteroatoms. The van der Waals surface area contributed by atoms with Gasteiger partial charge in [-0.05, 0) is 48.4 Å². The SMILES string of the molecule is COc1ccc(CNCCc2ccc(F)cc2)cc1Cl. The van der Waals surface area contributed by atoms with Crippen LogP contribution in [0.4, 0.5) is 4.39 Å². The summed E-state index contributed by atoms with van der Waals surface area (Å²) in [6, 6.07) is 12.3. The molecule has 2 aromatic rings. The quantitative estimate of drug-likeness (QED) is 0.818. The molecule has 2 rings (SSSR count). The van der Waals surface area contributed by atoms with Gasteiger partial charge in [-0.1, -0.05) is 29.8 Å². The largest absolute Gasteiger partial charge is 0.495 e.